The standard InChI is InChI=1S/C66H46N2S/c1-43-50-26-12-11-19-44(50)33-36-51(43)58-41-57-53-28-14-17-31-60(53)66(62(57)42-63(58)68(46-22-7-3-8-23-46)47-24-9-4-10-25-47)59-30-16-13-27-52(59)54-37-34-48(39-61(54)66)67(45-20-5-2-6-21-45)49-35-38-56-55-29-15-18-32-64(55)69-65(56)40-49/h2-43,51H,1H3. The SMILES string of the molecule is CC1c2ccccc2C=CC1c1cc2c(cc1N(c1ccccc1)c1ccccc1)C1(c3ccccc3-c3ccc(N(c4ccccc4)c4ccc5c(c4)sc4ccccc45)cc31)c1ccccc1-2. The molecule has 3 atom stereocenters. The summed E-state index contributed by atoms with van der Waals surface area (Å²) < 4.78 is 2.60. The van der Waals surface area contributed by atoms with Gasteiger partial charge in [0.25, 0.3) is 0 Å². The Morgan fingerprint density at radius 1 is 0.377 bits per heavy atom. The largest absolute Gasteiger partial charge is 0.310 e. The van der Waals surface area contributed by atoms with Crippen LogP contribution in [0, 0.1) is 0 Å². The van der Waals surface area contributed by atoms with E-state index in [1.807, 2.05) is 11.3 Å². The lowest BCUT2D eigenvalue weighted by Gasteiger charge is -2.36. The monoisotopic (exact) mass is 898 g/mol. The number of anilines is 6. The van der Waals surface area contributed by atoms with Gasteiger partial charge in [-0.15, -0.1) is 11.3 Å². The predicted octanol–water partition coefficient (Wildman–Crippen LogP) is 18.3. The Morgan fingerprint density at radius 3 is 1.64 bits per heavy atom. The first kappa shape index (κ1) is 39.9. The van der Waals surface area contributed by atoms with Crippen molar-refractivity contribution in [1.29, 1.82) is 0 Å². The maximum absolute atomic E-state index is 2.59. The Bertz CT molecular complexity index is 3790. The number of hydrogen-bond acceptors (Lipinski definition) is 3. The molecule has 0 bridgehead atoms. The molecule has 0 fully saturated rings. The molecule has 1 heterocycles. The van der Waals surface area contributed by atoms with Gasteiger partial charge in [-0.25, -0.2) is 0 Å². The summed E-state index contributed by atoms with van der Waals surface area (Å²) >= 11 is 1.87. The van der Waals surface area contributed by atoms with E-state index in [0.717, 1.165) is 28.4 Å². The molecule has 1 spiro atoms. The van der Waals surface area contributed by atoms with Crippen LogP contribution in [0.1, 0.15) is 57.7 Å². The highest BCUT2D eigenvalue weighted by Gasteiger charge is 2.52. The van der Waals surface area contributed by atoms with Crippen LogP contribution in [-0.2, 0) is 5.41 Å². The minimum absolute atomic E-state index is 0.131. The van der Waals surface area contributed by atoms with Crippen LogP contribution in [0.5, 0.6) is 0 Å². The smallest absolute Gasteiger partial charge is 0.0727 e. The van der Waals surface area contributed by atoms with E-state index in [1.54, 1.807) is 0 Å². The summed E-state index contributed by atoms with van der Waals surface area (Å²) in [6.07, 6.45) is 4.81. The first-order chi connectivity index (χ1) is 34.1. The zero-order valence-electron chi connectivity index (χ0n) is 38.1. The van der Waals surface area contributed by atoms with Gasteiger partial charge in [-0.1, -0.05) is 177 Å². The lowest BCUT2D eigenvalue weighted by atomic mass is 9.69. The van der Waals surface area contributed by atoms with Gasteiger partial charge in [0, 0.05) is 54.5 Å². The van der Waals surface area contributed by atoms with Gasteiger partial charge in [-0.3, -0.25) is 0 Å². The number of hydrogen-bond donors (Lipinski definition) is 0. The first-order valence-corrected chi connectivity index (χ1v) is 24.9. The molecule has 3 unspecified atom stereocenters. The molecule has 0 saturated heterocycles. The number of fused-ring (bicyclic) bond motifs is 14. The van der Waals surface area contributed by atoms with Gasteiger partial charge >= 0.3 is 0 Å². The van der Waals surface area contributed by atoms with Crippen molar-refractivity contribution in [1.82, 2.24) is 0 Å². The third kappa shape index (κ3) is 5.97. The van der Waals surface area contributed by atoms with Gasteiger partial charge in [0.2, 0.25) is 0 Å². The summed E-state index contributed by atoms with van der Waals surface area (Å²) in [5.74, 6) is 0.388. The third-order valence-corrected chi connectivity index (χ3v) is 16.4. The minimum atomic E-state index is -0.599. The lowest BCUT2D eigenvalue weighted by molar-refractivity contribution is 0.669. The summed E-state index contributed by atoms with van der Waals surface area (Å²) in [5.41, 5.74) is 20.7. The highest BCUT2D eigenvalue weighted by Crippen LogP contribution is 2.65. The second-order valence-corrected chi connectivity index (χ2v) is 19.9. The van der Waals surface area contributed by atoms with Crippen LogP contribution >= 0.6 is 11.3 Å². The molecule has 11 aromatic rings. The average molecular weight is 899 g/mol. The van der Waals surface area contributed by atoms with E-state index in [9.17, 15) is 0 Å². The van der Waals surface area contributed by atoms with Crippen LogP contribution in [0.3, 0.4) is 0 Å². The molecule has 3 heteroatoms. The fourth-order valence-corrected chi connectivity index (χ4v) is 13.4. The molecule has 0 N–H and O–H groups in total. The molecular formula is C66H46N2S. The molecule has 0 saturated carbocycles. The molecular weight excluding hydrogens is 853 g/mol. The second kappa shape index (κ2) is 15.7. The fraction of sp³-hybridized carbons (Fsp3) is 0.0606. The highest BCUT2D eigenvalue weighted by molar-refractivity contribution is 7.25. The predicted molar refractivity (Wildman–Crippen MR) is 292 cm³/mol. The molecule has 0 aliphatic heterocycles. The summed E-state index contributed by atoms with van der Waals surface area (Å²) in [5, 5.41) is 2.61. The molecule has 0 radical (unpaired) electrons. The topological polar surface area (TPSA) is 6.48 Å². The Morgan fingerprint density at radius 2 is 0.913 bits per heavy atom. The third-order valence-electron chi connectivity index (χ3n) is 15.3. The van der Waals surface area contributed by atoms with Crippen molar-refractivity contribution in [2.24, 2.45) is 0 Å². The van der Waals surface area contributed by atoms with Crippen molar-refractivity contribution in [2.75, 3.05) is 9.80 Å². The van der Waals surface area contributed by atoms with Gasteiger partial charge in [0.15, 0.2) is 0 Å². The number of nitrogens with zero attached hydrogens (tertiary/aromatic N) is 2. The highest BCUT2D eigenvalue weighted by atomic mass is 32.1. The van der Waals surface area contributed by atoms with E-state index in [2.05, 4.69) is 265 Å². The van der Waals surface area contributed by atoms with Gasteiger partial charge in [0.1, 0.15) is 0 Å². The van der Waals surface area contributed by atoms with E-state index in [1.165, 1.54) is 87.1 Å². The summed E-state index contributed by atoms with van der Waals surface area (Å²) in [4.78, 5) is 4.96. The van der Waals surface area contributed by atoms with E-state index >= 15 is 0 Å². The van der Waals surface area contributed by atoms with E-state index in [0.29, 0.717) is 0 Å². The molecule has 69 heavy (non-hydrogen) atoms. The zero-order valence-corrected chi connectivity index (χ0v) is 38.9. The van der Waals surface area contributed by atoms with E-state index < -0.39 is 5.41 Å². The number of thiophene rings is 1. The molecule has 14 rings (SSSR count). The quantitative estimate of drug-likeness (QED) is 0.157. The summed E-state index contributed by atoms with van der Waals surface area (Å²) in [7, 11) is 0. The van der Waals surface area contributed by atoms with Crippen molar-refractivity contribution in [3.63, 3.8) is 0 Å². The number of allylic oxidation sites excluding steroid dienone is 1. The fourth-order valence-electron chi connectivity index (χ4n) is 12.3. The molecule has 1 aromatic heterocycles. The minimum Gasteiger partial charge on any atom is -0.310 e. The van der Waals surface area contributed by atoms with Gasteiger partial charge in [-0.05, 0) is 146 Å². The van der Waals surface area contributed by atoms with Crippen LogP contribution in [0.15, 0.2) is 243 Å². The normalized spacial score (nSPS) is 17.1. The van der Waals surface area contributed by atoms with E-state index in [4.69, 9.17) is 0 Å². The molecule has 0 amide bonds. The first-order valence-electron chi connectivity index (χ1n) is 24.1. The molecule has 3 aliphatic rings. The van der Waals surface area contributed by atoms with Crippen molar-refractivity contribution in [2.45, 2.75) is 24.2 Å². The Kier molecular flexibility index (Phi) is 9.06. The molecule has 10 aromatic carbocycles. The average Bonchev–Trinajstić information content (AvgIpc) is 4.03. The molecule has 326 valence electrons. The maximum atomic E-state index is 2.59. The maximum Gasteiger partial charge on any atom is 0.0727 e. The summed E-state index contributed by atoms with van der Waals surface area (Å²) in [6, 6.07) is 88.4. The van der Waals surface area contributed by atoms with Crippen LogP contribution in [0.2, 0.25) is 0 Å². The van der Waals surface area contributed by atoms with Crippen LogP contribution in [0.25, 0.3) is 48.5 Å². The van der Waals surface area contributed by atoms with Gasteiger partial charge in [0.05, 0.1) is 11.1 Å². The Labute approximate surface area is 407 Å². The van der Waals surface area contributed by atoms with E-state index in [-0.39, 0.29) is 11.8 Å². The van der Waals surface area contributed by atoms with Crippen LogP contribution in [0.4, 0.5) is 34.1 Å². The lowest BCUT2D eigenvalue weighted by Crippen LogP contribution is -2.27. The molecule has 3 aliphatic carbocycles. The Hall–Kier alpha value is -8.24. The van der Waals surface area contributed by atoms with Crippen molar-refractivity contribution in [3.05, 3.63) is 282 Å². The number of rotatable bonds is 7. The van der Waals surface area contributed by atoms with Gasteiger partial charge < -0.3 is 9.80 Å². The van der Waals surface area contributed by atoms with Gasteiger partial charge in [-0.2, -0.15) is 0 Å². The van der Waals surface area contributed by atoms with Crippen LogP contribution in [-0.4, -0.2) is 0 Å². The zero-order chi connectivity index (χ0) is 45.6. The number of para-hydroxylation sites is 3. The Balaban J connectivity index is 1.05. The second-order valence-electron chi connectivity index (χ2n) is 18.8. The molecule has 2 nitrogen and oxygen atoms in total. The van der Waals surface area contributed by atoms with Crippen molar-refractivity contribution >= 4 is 71.7 Å². The van der Waals surface area contributed by atoms with Crippen LogP contribution < -0.4 is 9.80 Å². The summed E-state index contributed by atoms with van der Waals surface area (Å²) in [6.45, 7) is 2.41. The van der Waals surface area contributed by atoms with Crippen molar-refractivity contribution in [3.8, 4) is 22.3 Å². The number of benzene rings is 10. The van der Waals surface area contributed by atoms with Crippen molar-refractivity contribution < 1.29 is 0 Å².